The summed E-state index contributed by atoms with van der Waals surface area (Å²) >= 11 is 0. The largest absolute Gasteiger partial charge is 0.497 e. The first-order valence-electron chi connectivity index (χ1n) is 6.79. The first-order valence-corrected chi connectivity index (χ1v) is 6.79. The lowest BCUT2D eigenvalue weighted by atomic mass is 10.2. The summed E-state index contributed by atoms with van der Waals surface area (Å²) in [6, 6.07) is 9.88. The smallest absolute Gasteiger partial charge is 0.224 e. The van der Waals surface area contributed by atoms with E-state index in [4.69, 9.17) is 20.5 Å². The van der Waals surface area contributed by atoms with Gasteiger partial charge >= 0.3 is 0 Å². The molecule has 0 atom stereocenters. The Balaban J connectivity index is 3.25. The second-order valence-electron chi connectivity index (χ2n) is 4.42. The van der Waals surface area contributed by atoms with E-state index in [1.165, 1.54) is 7.11 Å². The molecule has 0 fully saturated rings. The van der Waals surface area contributed by atoms with Crippen molar-refractivity contribution in [1.29, 1.82) is 15.8 Å². The van der Waals surface area contributed by atoms with Crippen molar-refractivity contribution in [1.82, 2.24) is 0 Å². The maximum absolute atomic E-state index is 11.8. The van der Waals surface area contributed by atoms with Crippen molar-refractivity contribution < 1.29 is 9.53 Å². The van der Waals surface area contributed by atoms with Gasteiger partial charge in [-0.2, -0.15) is 15.8 Å². The molecule has 0 spiro atoms. The minimum atomic E-state index is -0.346. The molecule has 23 heavy (non-hydrogen) atoms. The zero-order chi connectivity index (χ0) is 17.2. The van der Waals surface area contributed by atoms with Crippen molar-refractivity contribution in [2.45, 2.75) is 19.8 Å². The Bertz CT molecular complexity index is 731. The summed E-state index contributed by atoms with van der Waals surface area (Å²) in [6.07, 6.45) is 1.05. The van der Waals surface area contributed by atoms with Gasteiger partial charge in [-0.15, -0.1) is 0 Å². The van der Waals surface area contributed by atoms with E-state index in [-0.39, 0.29) is 17.2 Å². The summed E-state index contributed by atoms with van der Waals surface area (Å²) in [7, 11) is 1.48. The highest BCUT2D eigenvalue weighted by molar-refractivity contribution is 5.94. The molecule has 7 nitrogen and oxygen atoms in total. The lowest BCUT2D eigenvalue weighted by Crippen LogP contribution is -2.13. The van der Waals surface area contributed by atoms with Crippen molar-refractivity contribution >= 4 is 17.3 Å². The molecular weight excluding hydrogens is 294 g/mol. The van der Waals surface area contributed by atoms with Crippen molar-refractivity contribution in [3.63, 3.8) is 0 Å². The second-order valence-corrected chi connectivity index (χ2v) is 4.42. The first-order chi connectivity index (χ1) is 11.1. The van der Waals surface area contributed by atoms with E-state index in [1.807, 2.05) is 6.92 Å². The minimum Gasteiger partial charge on any atom is -0.497 e. The van der Waals surface area contributed by atoms with Gasteiger partial charge in [-0.1, -0.05) is 6.92 Å². The van der Waals surface area contributed by atoms with Gasteiger partial charge in [0, 0.05) is 12.5 Å². The van der Waals surface area contributed by atoms with E-state index >= 15 is 0 Å². The summed E-state index contributed by atoms with van der Waals surface area (Å²) in [5.41, 5.74) is 0.232. The zero-order valence-electron chi connectivity index (χ0n) is 12.8. The number of anilines is 2. The summed E-state index contributed by atoms with van der Waals surface area (Å²) < 4.78 is 5.11. The van der Waals surface area contributed by atoms with Crippen molar-refractivity contribution in [2.75, 3.05) is 17.7 Å². The number of amides is 1. The fourth-order valence-electron chi connectivity index (χ4n) is 1.72. The number of nitriles is 3. The summed E-state index contributed by atoms with van der Waals surface area (Å²) in [5.74, 6) is 0.317. The maximum atomic E-state index is 11.8. The molecule has 0 saturated heterocycles. The van der Waals surface area contributed by atoms with E-state index in [0.29, 0.717) is 30.0 Å². The molecule has 1 aromatic carbocycles. The number of rotatable bonds is 6. The third-order valence-corrected chi connectivity index (χ3v) is 2.82. The molecule has 0 aromatic heterocycles. The van der Waals surface area contributed by atoms with Crippen LogP contribution >= 0.6 is 0 Å². The van der Waals surface area contributed by atoms with Crippen molar-refractivity contribution in [3.8, 4) is 24.0 Å². The number of carbonyl (C=O) groups excluding carboxylic acids is 1. The van der Waals surface area contributed by atoms with Crippen LogP contribution in [0.15, 0.2) is 29.5 Å². The quantitative estimate of drug-likeness (QED) is 0.779. The Hall–Kier alpha value is -3.50. The molecule has 1 rings (SSSR count). The summed E-state index contributed by atoms with van der Waals surface area (Å²) in [5, 5.41) is 32.3. The highest BCUT2D eigenvalue weighted by Crippen LogP contribution is 2.28. The molecule has 7 heteroatoms. The highest BCUT2D eigenvalue weighted by atomic mass is 16.5. The van der Waals surface area contributed by atoms with E-state index in [9.17, 15) is 4.79 Å². The van der Waals surface area contributed by atoms with Crippen LogP contribution < -0.4 is 15.4 Å². The molecule has 2 N–H and O–H groups in total. The van der Waals surface area contributed by atoms with Crippen LogP contribution in [0.3, 0.4) is 0 Å². The summed E-state index contributed by atoms with van der Waals surface area (Å²) in [6.45, 7) is 1.88. The molecule has 0 radical (unpaired) electrons. The SMILES string of the molecule is CCCC(=O)Nc1ccc(OC)cc1NC(C#N)=C(C#N)C#N. The first kappa shape index (κ1) is 17.6. The Morgan fingerprint density at radius 3 is 2.35 bits per heavy atom. The van der Waals surface area contributed by atoms with Gasteiger partial charge in [0.25, 0.3) is 0 Å². The molecule has 0 unspecified atom stereocenters. The Labute approximate surface area is 134 Å². The van der Waals surface area contributed by atoms with Crippen LogP contribution in [0.25, 0.3) is 0 Å². The van der Waals surface area contributed by atoms with Crippen LogP contribution in [0.5, 0.6) is 5.75 Å². The van der Waals surface area contributed by atoms with Crippen molar-refractivity contribution in [3.05, 3.63) is 29.5 Å². The molecule has 1 amide bonds. The predicted octanol–water partition coefficient (Wildman–Crippen LogP) is 2.67. The van der Waals surface area contributed by atoms with Gasteiger partial charge < -0.3 is 15.4 Å². The Morgan fingerprint density at radius 1 is 1.13 bits per heavy atom. The van der Waals surface area contributed by atoms with E-state index in [2.05, 4.69) is 10.6 Å². The van der Waals surface area contributed by atoms with Crippen LogP contribution in [0.1, 0.15) is 19.8 Å². The fourth-order valence-corrected chi connectivity index (χ4v) is 1.72. The zero-order valence-corrected chi connectivity index (χ0v) is 12.8. The van der Waals surface area contributed by atoms with E-state index < -0.39 is 0 Å². The van der Waals surface area contributed by atoms with Gasteiger partial charge in [0.2, 0.25) is 5.91 Å². The van der Waals surface area contributed by atoms with Crippen molar-refractivity contribution in [2.24, 2.45) is 0 Å². The molecule has 1 aromatic rings. The van der Waals surface area contributed by atoms with Crippen LogP contribution in [-0.4, -0.2) is 13.0 Å². The van der Waals surface area contributed by atoms with E-state index in [1.54, 1.807) is 36.4 Å². The third-order valence-electron chi connectivity index (χ3n) is 2.82. The molecule has 116 valence electrons. The van der Waals surface area contributed by atoms with E-state index in [0.717, 1.165) is 0 Å². The maximum Gasteiger partial charge on any atom is 0.224 e. The molecule has 0 saturated carbocycles. The lowest BCUT2D eigenvalue weighted by Gasteiger charge is -2.14. The number of hydrogen-bond donors (Lipinski definition) is 2. The van der Waals surface area contributed by atoms with Crippen LogP contribution in [0, 0.1) is 34.0 Å². The molecule has 0 aliphatic rings. The number of hydrogen-bond acceptors (Lipinski definition) is 6. The molecule has 0 aliphatic heterocycles. The fraction of sp³-hybridized carbons (Fsp3) is 0.250. The second kappa shape index (κ2) is 8.71. The minimum absolute atomic E-state index is 0.177. The molecule has 0 heterocycles. The van der Waals surface area contributed by atoms with Gasteiger partial charge in [-0.25, -0.2) is 0 Å². The van der Waals surface area contributed by atoms with Crippen LogP contribution in [0.4, 0.5) is 11.4 Å². The average molecular weight is 309 g/mol. The Morgan fingerprint density at radius 2 is 1.83 bits per heavy atom. The van der Waals surface area contributed by atoms with Gasteiger partial charge in [0.1, 0.15) is 29.7 Å². The van der Waals surface area contributed by atoms with Gasteiger partial charge in [-0.3, -0.25) is 4.79 Å². The Kier molecular flexibility index (Phi) is 6.65. The number of benzene rings is 1. The number of nitrogens with zero attached hydrogens (tertiary/aromatic N) is 3. The third kappa shape index (κ3) is 4.77. The number of carbonyl (C=O) groups is 1. The number of allylic oxidation sites excluding steroid dienone is 2. The van der Waals surface area contributed by atoms with Gasteiger partial charge in [0.15, 0.2) is 5.57 Å². The van der Waals surface area contributed by atoms with Crippen LogP contribution in [0.2, 0.25) is 0 Å². The summed E-state index contributed by atoms with van der Waals surface area (Å²) in [4.78, 5) is 11.8. The average Bonchev–Trinajstić information content (AvgIpc) is 2.56. The predicted molar refractivity (Wildman–Crippen MR) is 84.0 cm³/mol. The number of methoxy groups -OCH3 is 1. The van der Waals surface area contributed by atoms with Gasteiger partial charge in [-0.05, 0) is 18.6 Å². The normalized spacial score (nSPS) is 8.83. The molecule has 0 aliphatic carbocycles. The number of nitrogens with one attached hydrogen (secondary N) is 2. The highest BCUT2D eigenvalue weighted by Gasteiger charge is 2.12. The monoisotopic (exact) mass is 309 g/mol. The molecule has 0 bridgehead atoms. The topological polar surface area (TPSA) is 122 Å². The molecular formula is C16H15N5O2. The number of ether oxygens (including phenoxy) is 1. The van der Waals surface area contributed by atoms with Crippen LogP contribution in [-0.2, 0) is 4.79 Å². The van der Waals surface area contributed by atoms with Gasteiger partial charge in [0.05, 0.1) is 18.5 Å². The lowest BCUT2D eigenvalue weighted by molar-refractivity contribution is -0.116. The standard InChI is InChI=1S/C16H15N5O2/c1-3-4-16(22)21-13-6-5-12(23-2)7-14(13)20-15(10-19)11(8-17)9-18/h5-7,20H,3-4H2,1-2H3,(H,21,22).